The van der Waals surface area contributed by atoms with E-state index in [0.717, 1.165) is 23.6 Å². The lowest BCUT2D eigenvalue weighted by Gasteiger charge is -2.23. The lowest BCUT2D eigenvalue weighted by molar-refractivity contribution is 0.363. The maximum atomic E-state index is 5.56. The summed E-state index contributed by atoms with van der Waals surface area (Å²) in [5.74, 6) is 2.22. The number of rotatable bonds is 7. The first-order valence-electron chi connectivity index (χ1n) is 6.80. The molecule has 0 aliphatic carbocycles. The molecule has 1 aromatic carbocycles. The molecule has 114 valence electrons. The number of hydrogen-bond acceptors (Lipinski definition) is 5. The number of methoxy groups -OCH3 is 3. The minimum absolute atomic E-state index is 0.0251. The highest BCUT2D eigenvalue weighted by atomic mass is 32.1. The largest absolute Gasteiger partial charge is 0.496 e. The second-order valence-corrected chi connectivity index (χ2v) is 5.27. The lowest BCUT2D eigenvalue weighted by Crippen LogP contribution is -2.22. The molecule has 0 saturated carbocycles. The molecular weight excluding hydrogens is 286 g/mol. The van der Waals surface area contributed by atoms with E-state index in [9.17, 15) is 0 Å². The summed E-state index contributed by atoms with van der Waals surface area (Å²) < 4.78 is 16.4. The van der Waals surface area contributed by atoms with Crippen LogP contribution < -0.4 is 19.5 Å². The summed E-state index contributed by atoms with van der Waals surface area (Å²) in [6.07, 6.45) is 0. The molecule has 1 heterocycles. The van der Waals surface area contributed by atoms with E-state index < -0.39 is 0 Å². The Morgan fingerprint density at radius 1 is 1.10 bits per heavy atom. The summed E-state index contributed by atoms with van der Waals surface area (Å²) in [6.45, 7) is 2.93. The third-order valence-corrected chi connectivity index (χ3v) is 4.03. The minimum atomic E-state index is 0.0251. The van der Waals surface area contributed by atoms with E-state index in [2.05, 4.69) is 29.1 Å². The number of thiophene rings is 1. The Morgan fingerprint density at radius 3 is 2.19 bits per heavy atom. The van der Waals surface area contributed by atoms with E-state index in [-0.39, 0.29) is 6.04 Å². The van der Waals surface area contributed by atoms with Gasteiger partial charge in [-0.1, -0.05) is 6.92 Å². The van der Waals surface area contributed by atoms with Gasteiger partial charge in [0.1, 0.15) is 17.2 Å². The highest BCUT2D eigenvalue weighted by molar-refractivity contribution is 7.08. The van der Waals surface area contributed by atoms with E-state index >= 15 is 0 Å². The van der Waals surface area contributed by atoms with Crippen molar-refractivity contribution >= 4 is 11.3 Å². The molecule has 4 nitrogen and oxygen atoms in total. The van der Waals surface area contributed by atoms with Gasteiger partial charge in [0.2, 0.25) is 0 Å². The van der Waals surface area contributed by atoms with Gasteiger partial charge >= 0.3 is 0 Å². The first kappa shape index (κ1) is 15.7. The molecule has 0 radical (unpaired) electrons. The van der Waals surface area contributed by atoms with Gasteiger partial charge in [-0.3, -0.25) is 0 Å². The van der Waals surface area contributed by atoms with Crippen LogP contribution in [0.4, 0.5) is 0 Å². The van der Waals surface area contributed by atoms with Crippen LogP contribution >= 0.6 is 11.3 Å². The van der Waals surface area contributed by atoms with Gasteiger partial charge < -0.3 is 19.5 Å². The van der Waals surface area contributed by atoms with Crippen LogP contribution in [0.2, 0.25) is 0 Å². The standard InChI is InChI=1S/C16H21NO3S/c1-5-17-16(11-6-7-21-10-11)15-13(19-3)8-12(18-2)9-14(15)20-4/h6-10,16-17H,5H2,1-4H3. The molecule has 1 aromatic heterocycles. The average molecular weight is 307 g/mol. The monoisotopic (exact) mass is 307 g/mol. The number of nitrogens with one attached hydrogen (secondary N) is 1. The normalized spacial score (nSPS) is 12.0. The van der Waals surface area contributed by atoms with Gasteiger partial charge in [0, 0.05) is 12.1 Å². The van der Waals surface area contributed by atoms with Crippen LogP contribution in [-0.2, 0) is 0 Å². The van der Waals surface area contributed by atoms with Crippen molar-refractivity contribution in [1.29, 1.82) is 0 Å². The van der Waals surface area contributed by atoms with Gasteiger partial charge in [-0.15, -0.1) is 0 Å². The highest BCUT2D eigenvalue weighted by Gasteiger charge is 2.23. The topological polar surface area (TPSA) is 39.7 Å². The fourth-order valence-electron chi connectivity index (χ4n) is 2.35. The Balaban J connectivity index is 2.57. The van der Waals surface area contributed by atoms with E-state index in [1.165, 1.54) is 5.56 Å². The maximum absolute atomic E-state index is 5.56. The van der Waals surface area contributed by atoms with Crippen molar-refractivity contribution < 1.29 is 14.2 Å². The zero-order chi connectivity index (χ0) is 15.2. The summed E-state index contributed by atoms with van der Waals surface area (Å²) in [6, 6.07) is 5.90. The quantitative estimate of drug-likeness (QED) is 0.850. The van der Waals surface area contributed by atoms with Gasteiger partial charge in [-0.25, -0.2) is 0 Å². The Morgan fingerprint density at radius 2 is 1.76 bits per heavy atom. The Kier molecular flexibility index (Phi) is 5.47. The molecule has 2 aromatic rings. The molecule has 5 heteroatoms. The smallest absolute Gasteiger partial charge is 0.131 e. The fourth-order valence-corrected chi connectivity index (χ4v) is 3.03. The number of benzene rings is 1. The second-order valence-electron chi connectivity index (χ2n) is 4.49. The van der Waals surface area contributed by atoms with Crippen molar-refractivity contribution in [2.45, 2.75) is 13.0 Å². The molecule has 0 fully saturated rings. The van der Waals surface area contributed by atoms with E-state index in [1.807, 2.05) is 12.1 Å². The van der Waals surface area contributed by atoms with E-state index in [0.29, 0.717) is 5.75 Å². The van der Waals surface area contributed by atoms with Crippen molar-refractivity contribution in [3.8, 4) is 17.2 Å². The summed E-state index contributed by atoms with van der Waals surface area (Å²) >= 11 is 1.68. The summed E-state index contributed by atoms with van der Waals surface area (Å²) in [5.41, 5.74) is 2.18. The maximum Gasteiger partial charge on any atom is 0.131 e. The van der Waals surface area contributed by atoms with Crippen molar-refractivity contribution in [2.75, 3.05) is 27.9 Å². The summed E-state index contributed by atoms with van der Waals surface area (Å²) in [7, 11) is 4.96. The van der Waals surface area contributed by atoms with Crippen molar-refractivity contribution in [1.82, 2.24) is 5.32 Å². The molecule has 0 amide bonds. The second kappa shape index (κ2) is 7.33. The van der Waals surface area contributed by atoms with E-state index in [1.54, 1.807) is 32.7 Å². The minimum Gasteiger partial charge on any atom is -0.496 e. The Bertz CT molecular complexity index is 544. The zero-order valence-corrected chi connectivity index (χ0v) is 13.6. The Labute approximate surface area is 129 Å². The molecular formula is C16H21NO3S. The predicted octanol–water partition coefficient (Wildman–Crippen LogP) is 3.47. The molecule has 1 N–H and O–H groups in total. The summed E-state index contributed by atoms with van der Waals surface area (Å²) in [5, 5.41) is 7.70. The van der Waals surface area contributed by atoms with Crippen LogP contribution in [0.5, 0.6) is 17.2 Å². The van der Waals surface area contributed by atoms with Crippen molar-refractivity contribution in [3.05, 3.63) is 40.1 Å². The van der Waals surface area contributed by atoms with Gasteiger partial charge in [0.05, 0.1) is 32.9 Å². The van der Waals surface area contributed by atoms with Crippen LogP contribution in [-0.4, -0.2) is 27.9 Å². The SMILES string of the molecule is CCNC(c1ccsc1)c1c(OC)cc(OC)cc1OC. The highest BCUT2D eigenvalue weighted by Crippen LogP contribution is 2.41. The van der Waals surface area contributed by atoms with Crippen LogP contribution in [0.25, 0.3) is 0 Å². The van der Waals surface area contributed by atoms with Gasteiger partial charge in [0.25, 0.3) is 0 Å². The Hall–Kier alpha value is -1.72. The van der Waals surface area contributed by atoms with Gasteiger partial charge in [-0.05, 0) is 28.9 Å². The third kappa shape index (κ3) is 3.31. The summed E-state index contributed by atoms with van der Waals surface area (Å²) in [4.78, 5) is 0. The van der Waals surface area contributed by atoms with Crippen molar-refractivity contribution in [2.24, 2.45) is 0 Å². The molecule has 1 atom stereocenters. The average Bonchev–Trinajstić information content (AvgIpc) is 3.05. The van der Waals surface area contributed by atoms with Crippen LogP contribution in [0, 0.1) is 0 Å². The van der Waals surface area contributed by atoms with E-state index in [4.69, 9.17) is 14.2 Å². The zero-order valence-electron chi connectivity index (χ0n) is 12.8. The molecule has 0 aliphatic rings. The first-order chi connectivity index (χ1) is 10.2. The molecule has 21 heavy (non-hydrogen) atoms. The fraction of sp³-hybridized carbons (Fsp3) is 0.375. The number of hydrogen-bond donors (Lipinski definition) is 1. The molecule has 2 rings (SSSR count). The molecule has 0 aliphatic heterocycles. The molecule has 1 unspecified atom stereocenters. The molecule has 0 saturated heterocycles. The van der Waals surface area contributed by atoms with Crippen molar-refractivity contribution in [3.63, 3.8) is 0 Å². The number of ether oxygens (including phenoxy) is 3. The molecule has 0 bridgehead atoms. The van der Waals surface area contributed by atoms with Crippen LogP contribution in [0.15, 0.2) is 29.0 Å². The van der Waals surface area contributed by atoms with Crippen LogP contribution in [0.1, 0.15) is 24.1 Å². The van der Waals surface area contributed by atoms with Gasteiger partial charge in [-0.2, -0.15) is 11.3 Å². The van der Waals surface area contributed by atoms with Gasteiger partial charge in [0.15, 0.2) is 0 Å². The van der Waals surface area contributed by atoms with Crippen LogP contribution in [0.3, 0.4) is 0 Å². The predicted molar refractivity (Wildman–Crippen MR) is 85.9 cm³/mol. The molecule has 0 spiro atoms. The lowest BCUT2D eigenvalue weighted by atomic mass is 9.98. The first-order valence-corrected chi connectivity index (χ1v) is 7.74. The third-order valence-electron chi connectivity index (χ3n) is 3.33.